The summed E-state index contributed by atoms with van der Waals surface area (Å²) in [6.07, 6.45) is 2.66. The molecule has 0 atom stereocenters. The summed E-state index contributed by atoms with van der Waals surface area (Å²) in [5, 5.41) is 0. The predicted octanol–water partition coefficient (Wildman–Crippen LogP) is 2.51. The minimum absolute atomic E-state index is 0.273. The Kier molecular flexibility index (Phi) is 4.40. The third-order valence-electron chi connectivity index (χ3n) is 2.95. The summed E-state index contributed by atoms with van der Waals surface area (Å²) in [5.41, 5.74) is 7.78. The summed E-state index contributed by atoms with van der Waals surface area (Å²) in [7, 11) is 0. The Labute approximate surface area is 107 Å². The van der Waals surface area contributed by atoms with Crippen molar-refractivity contribution >= 4 is 23.1 Å². The molecule has 0 spiro atoms. The van der Waals surface area contributed by atoms with E-state index in [1.54, 1.807) is 0 Å². The summed E-state index contributed by atoms with van der Waals surface area (Å²) in [5.74, 6) is 0.731. The van der Waals surface area contributed by atoms with Crippen LogP contribution in [0.4, 0.5) is 5.69 Å². The van der Waals surface area contributed by atoms with E-state index < -0.39 is 0 Å². The molecule has 1 heterocycles. The molecule has 1 aliphatic rings. The van der Waals surface area contributed by atoms with Crippen LogP contribution in [0, 0.1) is 0 Å². The summed E-state index contributed by atoms with van der Waals surface area (Å²) >= 11 is 5.58. The average molecular weight is 252 g/mol. The molecule has 0 radical (unpaired) electrons. The third kappa shape index (κ3) is 3.72. The Morgan fingerprint density at radius 1 is 1.24 bits per heavy atom. The summed E-state index contributed by atoms with van der Waals surface area (Å²) in [6.45, 7) is 3.48. The molecule has 1 aliphatic heterocycles. The molecule has 0 aliphatic carbocycles. The maximum absolute atomic E-state index is 5.58. The highest BCUT2D eigenvalue weighted by Crippen LogP contribution is 2.16. The van der Waals surface area contributed by atoms with Crippen LogP contribution in [0.5, 0.6) is 0 Å². The molecule has 92 valence electrons. The van der Waals surface area contributed by atoms with Gasteiger partial charge in [0.1, 0.15) is 5.84 Å². The van der Waals surface area contributed by atoms with Crippen LogP contribution in [-0.4, -0.2) is 29.7 Å². The Hall–Kier alpha value is -1.06. The number of nitrogens with zero attached hydrogens (tertiary/aromatic N) is 2. The molecule has 0 aromatic heterocycles. The largest absolute Gasteiger partial charge is 0.386 e. The summed E-state index contributed by atoms with van der Waals surface area (Å²) < 4.78 is 0. The van der Waals surface area contributed by atoms with Gasteiger partial charge in [-0.2, -0.15) is 0 Å². The van der Waals surface area contributed by atoms with Gasteiger partial charge < -0.3 is 5.73 Å². The highest BCUT2D eigenvalue weighted by atomic mass is 35.5. The lowest BCUT2D eigenvalue weighted by molar-refractivity contribution is 0.331. The number of hydrogen-bond acceptors (Lipinski definition) is 2. The van der Waals surface area contributed by atoms with Crippen LogP contribution in [0.2, 0.25) is 0 Å². The lowest BCUT2D eigenvalue weighted by atomic mass is 10.2. The fourth-order valence-corrected chi connectivity index (χ4v) is 2.13. The van der Waals surface area contributed by atoms with Gasteiger partial charge in [0.25, 0.3) is 0 Å². The average Bonchev–Trinajstić information content (AvgIpc) is 2.84. The predicted molar refractivity (Wildman–Crippen MR) is 73.0 cm³/mol. The molecule has 17 heavy (non-hydrogen) atoms. The Balaban J connectivity index is 1.97. The van der Waals surface area contributed by atoms with Gasteiger partial charge in [-0.25, -0.2) is 4.99 Å². The number of benzene rings is 1. The molecule has 0 bridgehead atoms. The fourth-order valence-electron chi connectivity index (χ4n) is 2.07. The van der Waals surface area contributed by atoms with Gasteiger partial charge in [-0.1, -0.05) is 12.1 Å². The SMILES string of the molecule is NC(CCl)=Nc1ccc(CN2CCCC2)cc1. The number of halogens is 1. The first kappa shape index (κ1) is 12.4. The first-order valence-corrected chi connectivity index (χ1v) is 6.51. The minimum atomic E-state index is 0.273. The van der Waals surface area contributed by atoms with E-state index in [9.17, 15) is 0 Å². The monoisotopic (exact) mass is 251 g/mol. The summed E-state index contributed by atoms with van der Waals surface area (Å²) in [6, 6.07) is 8.20. The highest BCUT2D eigenvalue weighted by Gasteiger charge is 2.11. The number of aliphatic imine (C=N–C) groups is 1. The molecule has 1 aromatic carbocycles. The van der Waals surface area contributed by atoms with E-state index in [0.29, 0.717) is 5.84 Å². The van der Waals surface area contributed by atoms with Crippen LogP contribution in [-0.2, 0) is 6.54 Å². The van der Waals surface area contributed by atoms with E-state index >= 15 is 0 Å². The van der Waals surface area contributed by atoms with E-state index in [-0.39, 0.29) is 5.88 Å². The van der Waals surface area contributed by atoms with Gasteiger partial charge in [0, 0.05) is 6.54 Å². The summed E-state index contributed by atoms with van der Waals surface area (Å²) in [4.78, 5) is 6.68. The van der Waals surface area contributed by atoms with Gasteiger partial charge in [-0.3, -0.25) is 4.90 Å². The smallest absolute Gasteiger partial charge is 0.115 e. The van der Waals surface area contributed by atoms with Crippen molar-refractivity contribution in [1.29, 1.82) is 0 Å². The lowest BCUT2D eigenvalue weighted by Crippen LogP contribution is -2.18. The number of alkyl halides is 1. The van der Waals surface area contributed by atoms with Crippen LogP contribution in [0.25, 0.3) is 0 Å². The van der Waals surface area contributed by atoms with E-state index in [0.717, 1.165) is 12.2 Å². The molecule has 1 aromatic rings. The van der Waals surface area contributed by atoms with Crippen LogP contribution >= 0.6 is 11.6 Å². The molecule has 4 heteroatoms. The van der Waals surface area contributed by atoms with Crippen molar-refractivity contribution in [3.05, 3.63) is 29.8 Å². The van der Waals surface area contributed by atoms with Crippen LogP contribution < -0.4 is 5.73 Å². The second kappa shape index (κ2) is 6.03. The molecule has 2 N–H and O–H groups in total. The highest BCUT2D eigenvalue weighted by molar-refractivity contribution is 6.28. The minimum Gasteiger partial charge on any atom is -0.386 e. The molecule has 1 saturated heterocycles. The second-order valence-electron chi connectivity index (χ2n) is 4.39. The lowest BCUT2D eigenvalue weighted by Gasteiger charge is -2.14. The molecular weight excluding hydrogens is 234 g/mol. The van der Waals surface area contributed by atoms with Crippen molar-refractivity contribution < 1.29 is 0 Å². The fraction of sp³-hybridized carbons (Fsp3) is 0.462. The van der Waals surface area contributed by atoms with Crippen molar-refractivity contribution in [3.8, 4) is 0 Å². The number of likely N-dealkylation sites (tertiary alicyclic amines) is 1. The zero-order valence-corrected chi connectivity index (χ0v) is 10.7. The molecular formula is C13H18ClN3. The van der Waals surface area contributed by atoms with E-state index in [4.69, 9.17) is 17.3 Å². The van der Waals surface area contributed by atoms with Crippen LogP contribution in [0.1, 0.15) is 18.4 Å². The maximum atomic E-state index is 5.58. The zero-order chi connectivity index (χ0) is 12.1. The van der Waals surface area contributed by atoms with Crippen LogP contribution in [0.15, 0.2) is 29.3 Å². The molecule has 0 saturated carbocycles. The van der Waals surface area contributed by atoms with Gasteiger partial charge in [-0.15, -0.1) is 11.6 Å². The quantitative estimate of drug-likeness (QED) is 0.508. The maximum Gasteiger partial charge on any atom is 0.115 e. The number of amidine groups is 1. The second-order valence-corrected chi connectivity index (χ2v) is 4.65. The van der Waals surface area contributed by atoms with Gasteiger partial charge >= 0.3 is 0 Å². The normalized spacial score (nSPS) is 17.6. The van der Waals surface area contributed by atoms with Crippen LogP contribution in [0.3, 0.4) is 0 Å². The van der Waals surface area contributed by atoms with E-state index in [1.165, 1.54) is 31.5 Å². The van der Waals surface area contributed by atoms with E-state index in [2.05, 4.69) is 22.0 Å². The first-order chi connectivity index (χ1) is 8.28. The van der Waals surface area contributed by atoms with E-state index in [1.807, 2.05) is 12.1 Å². The molecule has 2 rings (SSSR count). The van der Waals surface area contributed by atoms with Crippen molar-refractivity contribution in [2.24, 2.45) is 10.7 Å². The van der Waals surface area contributed by atoms with Gasteiger partial charge in [-0.05, 0) is 43.6 Å². The van der Waals surface area contributed by atoms with Gasteiger partial charge in [0.2, 0.25) is 0 Å². The number of nitrogens with two attached hydrogens (primary N) is 1. The van der Waals surface area contributed by atoms with Crippen molar-refractivity contribution in [2.75, 3.05) is 19.0 Å². The van der Waals surface area contributed by atoms with Crippen molar-refractivity contribution in [3.63, 3.8) is 0 Å². The Bertz CT molecular complexity index is 380. The molecule has 1 fully saturated rings. The topological polar surface area (TPSA) is 41.6 Å². The van der Waals surface area contributed by atoms with Crippen molar-refractivity contribution in [2.45, 2.75) is 19.4 Å². The van der Waals surface area contributed by atoms with Crippen molar-refractivity contribution in [1.82, 2.24) is 4.90 Å². The Morgan fingerprint density at radius 2 is 1.88 bits per heavy atom. The first-order valence-electron chi connectivity index (χ1n) is 5.98. The molecule has 0 unspecified atom stereocenters. The van der Waals surface area contributed by atoms with Gasteiger partial charge in [0.15, 0.2) is 0 Å². The molecule has 0 amide bonds. The zero-order valence-electron chi connectivity index (χ0n) is 9.90. The Morgan fingerprint density at radius 3 is 2.47 bits per heavy atom. The van der Waals surface area contributed by atoms with Gasteiger partial charge in [0.05, 0.1) is 11.6 Å². The third-order valence-corrected chi connectivity index (χ3v) is 3.22. The standard InChI is InChI=1S/C13H18ClN3/c14-9-13(15)16-12-5-3-11(4-6-12)10-17-7-1-2-8-17/h3-6H,1-2,7-10H2,(H2,15,16). The number of rotatable bonds is 4. The number of hydrogen-bond donors (Lipinski definition) is 1. The molecule has 3 nitrogen and oxygen atoms in total.